The first kappa shape index (κ1) is 33.8. The molecule has 0 N–H and O–H groups in total. The van der Waals surface area contributed by atoms with Crippen LogP contribution in [-0.2, 0) is 26.4 Å². The number of rotatable bonds is 15. The summed E-state index contributed by atoms with van der Waals surface area (Å²) < 4.78 is 59.2. The van der Waals surface area contributed by atoms with Crippen LogP contribution >= 0.6 is 46.6 Å². The molecule has 7 nitrogen and oxygen atoms in total. The highest BCUT2D eigenvalue weighted by Crippen LogP contribution is 2.41. The Morgan fingerprint density at radius 1 is 0.956 bits per heavy atom. The fourth-order valence-corrected chi connectivity index (χ4v) is 6.54. The lowest BCUT2D eigenvalue weighted by Crippen LogP contribution is -2.20. The number of benzene rings is 3. The van der Waals surface area contributed by atoms with Crippen molar-refractivity contribution in [3.8, 4) is 17.2 Å². The molecule has 2 heterocycles. The van der Waals surface area contributed by atoms with Gasteiger partial charge < -0.3 is 23.7 Å². The van der Waals surface area contributed by atoms with Gasteiger partial charge in [0.25, 0.3) is 0 Å². The minimum Gasteiger partial charge on any atom is -0.495 e. The molecule has 1 aromatic heterocycles. The first-order valence-corrected chi connectivity index (χ1v) is 16.4. The van der Waals surface area contributed by atoms with Crippen LogP contribution in [0.5, 0.6) is 11.5 Å². The van der Waals surface area contributed by atoms with Crippen molar-refractivity contribution in [3.63, 3.8) is 0 Å². The van der Waals surface area contributed by atoms with Crippen LogP contribution in [0.25, 0.3) is 5.69 Å². The van der Waals surface area contributed by atoms with Crippen LogP contribution in [0.15, 0.2) is 59.8 Å². The fraction of sp³-hybridized carbons (Fsp3) is 0.344. The molecule has 5 rings (SSSR count). The molecule has 0 amide bonds. The number of thioether (sulfide) groups is 1. The zero-order chi connectivity index (χ0) is 31.8. The minimum atomic E-state index is -0.500. The Hall–Kier alpha value is -2.57. The molecular weight excluding hydrogens is 669 g/mol. The molecule has 0 saturated heterocycles. The highest BCUT2D eigenvalue weighted by Gasteiger charge is 2.31. The van der Waals surface area contributed by atoms with Crippen LogP contribution in [0.1, 0.15) is 28.6 Å². The second-order valence-electron chi connectivity index (χ2n) is 9.85. The molecule has 1 unspecified atom stereocenters. The molecule has 1 aliphatic rings. The van der Waals surface area contributed by atoms with Crippen LogP contribution in [0, 0.1) is 11.6 Å². The van der Waals surface area contributed by atoms with Crippen molar-refractivity contribution >= 4 is 46.6 Å². The van der Waals surface area contributed by atoms with Gasteiger partial charge in [0.05, 0.1) is 61.6 Å². The van der Waals surface area contributed by atoms with Gasteiger partial charge in [0, 0.05) is 35.4 Å². The topological polar surface area (TPSA) is 64.0 Å². The number of imidazole rings is 1. The average molecular weight is 700 g/mol. The highest BCUT2D eigenvalue weighted by atomic mass is 35.5. The lowest BCUT2D eigenvalue weighted by Gasteiger charge is -2.26. The lowest BCUT2D eigenvalue weighted by atomic mass is 10.0. The summed E-state index contributed by atoms with van der Waals surface area (Å²) in [6.07, 6.45) is 0.0783. The van der Waals surface area contributed by atoms with Gasteiger partial charge in [-0.2, -0.15) is 0 Å². The van der Waals surface area contributed by atoms with Gasteiger partial charge in [-0.3, -0.25) is 4.57 Å². The van der Waals surface area contributed by atoms with Gasteiger partial charge in [0.2, 0.25) is 0 Å². The van der Waals surface area contributed by atoms with E-state index in [-0.39, 0.29) is 23.2 Å². The predicted octanol–water partition coefficient (Wildman–Crippen LogP) is 8.07. The molecule has 0 fully saturated rings. The van der Waals surface area contributed by atoms with Gasteiger partial charge >= 0.3 is 0 Å². The molecule has 3 aromatic carbocycles. The Bertz CT molecular complexity index is 1570. The Balaban J connectivity index is 1.36. The monoisotopic (exact) mass is 698 g/mol. The number of nitrogens with zero attached hydrogens (tertiary/aromatic N) is 2. The van der Waals surface area contributed by atoms with E-state index in [4.69, 9.17) is 63.5 Å². The molecular formula is C32H31Cl3F2N2O5S. The molecule has 0 bridgehead atoms. The smallest absolute Gasteiger partial charge is 0.173 e. The Morgan fingerprint density at radius 2 is 1.71 bits per heavy atom. The van der Waals surface area contributed by atoms with Gasteiger partial charge in [-0.25, -0.2) is 13.8 Å². The van der Waals surface area contributed by atoms with Crippen LogP contribution in [0.2, 0.25) is 10.0 Å². The summed E-state index contributed by atoms with van der Waals surface area (Å²) in [6, 6.07) is 14.5. The van der Waals surface area contributed by atoms with Crippen LogP contribution in [0.4, 0.5) is 8.78 Å². The van der Waals surface area contributed by atoms with E-state index in [0.717, 1.165) is 17.0 Å². The van der Waals surface area contributed by atoms with E-state index in [1.165, 1.54) is 30.0 Å². The largest absolute Gasteiger partial charge is 0.495 e. The fourth-order valence-electron chi connectivity index (χ4n) is 4.82. The Morgan fingerprint density at radius 3 is 2.44 bits per heavy atom. The second-order valence-corrected chi connectivity index (χ2v) is 12.0. The van der Waals surface area contributed by atoms with Crippen molar-refractivity contribution in [2.45, 2.75) is 23.4 Å². The third-order valence-corrected chi connectivity index (χ3v) is 8.71. The molecule has 13 heteroatoms. The third kappa shape index (κ3) is 8.43. The van der Waals surface area contributed by atoms with Crippen molar-refractivity contribution in [2.75, 3.05) is 52.6 Å². The average Bonchev–Trinajstić information content (AvgIpc) is 3.41. The number of methoxy groups -OCH3 is 1. The minimum absolute atomic E-state index is 0.188. The summed E-state index contributed by atoms with van der Waals surface area (Å²) in [4.78, 5) is 4.93. The van der Waals surface area contributed by atoms with E-state index in [0.29, 0.717) is 78.3 Å². The summed E-state index contributed by atoms with van der Waals surface area (Å²) in [5, 5.41) is 1.30. The van der Waals surface area contributed by atoms with Crippen molar-refractivity contribution in [3.05, 3.63) is 98.8 Å². The van der Waals surface area contributed by atoms with Gasteiger partial charge in [-0.1, -0.05) is 41.0 Å². The summed E-state index contributed by atoms with van der Waals surface area (Å²) in [5.74, 6) is 0.572. The maximum absolute atomic E-state index is 15.3. The lowest BCUT2D eigenvalue weighted by molar-refractivity contribution is 0.0410. The van der Waals surface area contributed by atoms with Crippen LogP contribution in [-0.4, -0.2) is 62.2 Å². The first-order valence-electron chi connectivity index (χ1n) is 14.2. The maximum Gasteiger partial charge on any atom is 0.173 e. The first-order chi connectivity index (χ1) is 21.9. The van der Waals surface area contributed by atoms with E-state index in [1.807, 2.05) is 16.7 Å². The zero-order valence-electron chi connectivity index (χ0n) is 24.4. The third-order valence-electron chi connectivity index (χ3n) is 6.94. The number of fused-ring (bicyclic) bond motifs is 1. The molecule has 1 aliphatic heterocycles. The molecule has 4 aromatic rings. The van der Waals surface area contributed by atoms with E-state index in [9.17, 15) is 4.39 Å². The molecule has 240 valence electrons. The number of ether oxygens (including phenoxy) is 5. The SMILES string of the molecule is COc1cc(C2OCCc3nc(SCc4c(F)cc(OCCOCCOCCCl)cc4Cl)n(-c4ccc(F)cc4)c32)ccc1Cl. The number of aromatic nitrogens is 2. The van der Waals surface area contributed by atoms with Gasteiger partial charge in [0.15, 0.2) is 5.16 Å². The standard InChI is InChI=1S/C32H31Cl3F2N2O5S/c1-40-29-16-20(2-7-25(29)34)31-30-28(8-10-44-31)38-32(39(30)22-5-3-21(36)4-6-22)45-19-24-26(35)17-23(18-27(24)37)43-15-14-42-13-12-41-11-9-33/h2-7,16-18,31H,8-15,19H2,1H3. The van der Waals surface area contributed by atoms with Gasteiger partial charge in [-0.15, -0.1) is 11.6 Å². The van der Waals surface area contributed by atoms with Crippen molar-refractivity contribution < 1.29 is 32.5 Å². The van der Waals surface area contributed by atoms with Crippen LogP contribution in [0.3, 0.4) is 0 Å². The highest BCUT2D eigenvalue weighted by molar-refractivity contribution is 7.98. The van der Waals surface area contributed by atoms with E-state index in [1.54, 1.807) is 31.4 Å². The predicted molar refractivity (Wildman–Crippen MR) is 172 cm³/mol. The molecule has 0 radical (unpaired) electrons. The van der Waals surface area contributed by atoms with E-state index >= 15 is 4.39 Å². The second kappa shape index (κ2) is 16.3. The Kier molecular flexibility index (Phi) is 12.2. The van der Waals surface area contributed by atoms with Crippen molar-refractivity contribution in [1.29, 1.82) is 0 Å². The summed E-state index contributed by atoms with van der Waals surface area (Å²) in [7, 11) is 1.55. The van der Waals surface area contributed by atoms with E-state index < -0.39 is 11.9 Å². The summed E-state index contributed by atoms with van der Waals surface area (Å²) in [6.45, 7) is 2.29. The number of hydrogen-bond acceptors (Lipinski definition) is 7. The van der Waals surface area contributed by atoms with E-state index in [2.05, 4.69) is 0 Å². The molecule has 0 aliphatic carbocycles. The summed E-state index contributed by atoms with van der Waals surface area (Å²) in [5.41, 5.74) is 3.44. The number of hydrogen-bond donors (Lipinski definition) is 0. The molecule has 45 heavy (non-hydrogen) atoms. The maximum atomic E-state index is 15.3. The van der Waals surface area contributed by atoms with Gasteiger partial charge in [-0.05, 0) is 48.0 Å². The molecule has 0 saturated carbocycles. The number of halogens is 5. The van der Waals surface area contributed by atoms with Crippen LogP contribution < -0.4 is 9.47 Å². The van der Waals surface area contributed by atoms with Crippen molar-refractivity contribution in [1.82, 2.24) is 9.55 Å². The number of alkyl halides is 1. The normalized spacial score (nSPS) is 14.4. The summed E-state index contributed by atoms with van der Waals surface area (Å²) >= 11 is 19.7. The zero-order valence-corrected chi connectivity index (χ0v) is 27.5. The molecule has 0 spiro atoms. The Labute approximate surface area is 279 Å². The van der Waals surface area contributed by atoms with Crippen molar-refractivity contribution in [2.24, 2.45) is 0 Å². The van der Waals surface area contributed by atoms with Gasteiger partial charge in [0.1, 0.15) is 35.8 Å². The molecule has 1 atom stereocenters. The quantitative estimate of drug-likeness (QED) is 0.0707.